The number of rotatable bonds is 2. The van der Waals surface area contributed by atoms with Crippen LogP contribution in [0.4, 0.5) is 0 Å². The van der Waals surface area contributed by atoms with Gasteiger partial charge in [0.2, 0.25) is 0 Å². The summed E-state index contributed by atoms with van der Waals surface area (Å²) in [5, 5.41) is 17.7. The zero-order chi connectivity index (χ0) is 12.0. The fourth-order valence-corrected chi connectivity index (χ4v) is 2.44. The molecule has 0 aromatic rings. The Morgan fingerprint density at radius 3 is 2.25 bits per heavy atom. The Morgan fingerprint density at radius 2 is 1.75 bits per heavy atom. The Kier molecular flexibility index (Phi) is 2.18. The van der Waals surface area contributed by atoms with E-state index in [9.17, 15) is 19.2 Å². The van der Waals surface area contributed by atoms with Gasteiger partial charge in [-0.25, -0.2) is 0 Å². The van der Waals surface area contributed by atoms with Crippen molar-refractivity contribution in [2.75, 3.05) is 0 Å². The first-order valence-corrected chi connectivity index (χ1v) is 4.64. The van der Waals surface area contributed by atoms with Gasteiger partial charge in [0.25, 0.3) is 0 Å². The average molecular weight is 228 g/mol. The van der Waals surface area contributed by atoms with E-state index < -0.39 is 47.5 Å². The van der Waals surface area contributed by atoms with E-state index in [1.165, 1.54) is 0 Å². The first kappa shape index (κ1) is 10.6. The van der Waals surface area contributed by atoms with Crippen molar-refractivity contribution in [2.45, 2.75) is 6.42 Å². The van der Waals surface area contributed by atoms with Crippen LogP contribution >= 0.6 is 0 Å². The number of aliphatic carboxylic acids is 2. The molecule has 16 heavy (non-hydrogen) atoms. The van der Waals surface area contributed by atoms with Crippen LogP contribution in [0.1, 0.15) is 6.42 Å². The molecule has 1 aliphatic carbocycles. The highest BCUT2D eigenvalue weighted by Gasteiger charge is 2.61. The summed E-state index contributed by atoms with van der Waals surface area (Å²) in [5.74, 6) is -9.07. The van der Waals surface area contributed by atoms with Gasteiger partial charge >= 0.3 is 23.9 Å². The van der Waals surface area contributed by atoms with Gasteiger partial charge in [0, 0.05) is 0 Å². The topological polar surface area (TPSA) is 118 Å². The minimum atomic E-state index is -1.38. The molecule has 0 aromatic carbocycles. The fraction of sp³-hybridized carbons (Fsp3) is 0.556. The molecule has 0 radical (unpaired) electrons. The third-order valence-electron chi connectivity index (χ3n) is 3.14. The van der Waals surface area contributed by atoms with Crippen molar-refractivity contribution in [2.24, 2.45) is 23.7 Å². The summed E-state index contributed by atoms with van der Waals surface area (Å²) >= 11 is 0. The molecule has 7 heteroatoms. The van der Waals surface area contributed by atoms with Crippen LogP contribution in [0.2, 0.25) is 0 Å². The SMILES string of the molecule is O=C(O)C1CC2C(=O)OC(=O)C2C1C(=O)O. The highest BCUT2D eigenvalue weighted by Crippen LogP contribution is 2.46. The highest BCUT2D eigenvalue weighted by atomic mass is 16.6. The van der Waals surface area contributed by atoms with Gasteiger partial charge in [0.05, 0.1) is 23.7 Å². The van der Waals surface area contributed by atoms with Gasteiger partial charge in [-0.1, -0.05) is 0 Å². The molecule has 86 valence electrons. The van der Waals surface area contributed by atoms with Crippen LogP contribution < -0.4 is 0 Å². The lowest BCUT2D eigenvalue weighted by Crippen LogP contribution is -2.32. The third kappa shape index (κ3) is 1.28. The summed E-state index contributed by atoms with van der Waals surface area (Å²) in [5.41, 5.74) is 0. The number of fused-ring (bicyclic) bond motifs is 1. The summed E-state index contributed by atoms with van der Waals surface area (Å²) in [6.07, 6.45) is -0.151. The predicted octanol–water partition coefficient (Wildman–Crippen LogP) is -0.893. The molecule has 2 N–H and O–H groups in total. The quantitative estimate of drug-likeness (QED) is 0.464. The maximum absolute atomic E-state index is 11.2. The van der Waals surface area contributed by atoms with Gasteiger partial charge in [-0.05, 0) is 6.42 Å². The first-order chi connectivity index (χ1) is 7.43. The number of carboxylic acid groups (broad SMARTS) is 2. The van der Waals surface area contributed by atoms with E-state index in [-0.39, 0.29) is 6.42 Å². The van der Waals surface area contributed by atoms with Crippen molar-refractivity contribution in [3.05, 3.63) is 0 Å². The Balaban J connectivity index is 2.38. The Hall–Kier alpha value is -1.92. The van der Waals surface area contributed by atoms with E-state index in [2.05, 4.69) is 4.74 Å². The molecule has 0 aromatic heterocycles. The monoisotopic (exact) mass is 228 g/mol. The van der Waals surface area contributed by atoms with E-state index in [0.29, 0.717) is 0 Å². The van der Waals surface area contributed by atoms with Crippen LogP contribution in [0.15, 0.2) is 0 Å². The van der Waals surface area contributed by atoms with Crippen molar-refractivity contribution < 1.29 is 34.1 Å². The van der Waals surface area contributed by atoms with Crippen molar-refractivity contribution in [1.29, 1.82) is 0 Å². The number of cyclic esters (lactones) is 2. The Labute approximate surface area is 89.0 Å². The second-order valence-electron chi connectivity index (χ2n) is 3.92. The summed E-state index contributed by atoms with van der Waals surface area (Å²) in [4.78, 5) is 44.2. The van der Waals surface area contributed by atoms with E-state index in [1.807, 2.05) is 0 Å². The zero-order valence-electron chi connectivity index (χ0n) is 7.95. The lowest BCUT2D eigenvalue weighted by molar-refractivity contribution is -0.160. The number of carbonyl (C=O) groups excluding carboxylic acids is 2. The molecule has 4 unspecified atom stereocenters. The van der Waals surface area contributed by atoms with Crippen LogP contribution in [0, 0.1) is 23.7 Å². The Morgan fingerprint density at radius 1 is 1.12 bits per heavy atom. The number of carboxylic acids is 2. The fourth-order valence-electron chi connectivity index (χ4n) is 2.44. The van der Waals surface area contributed by atoms with Crippen LogP contribution in [-0.4, -0.2) is 34.1 Å². The summed E-state index contributed by atoms with van der Waals surface area (Å²) in [6.45, 7) is 0. The average Bonchev–Trinajstić information content (AvgIpc) is 2.66. The lowest BCUT2D eigenvalue weighted by atomic mass is 9.88. The molecule has 0 bridgehead atoms. The minimum absolute atomic E-state index is 0.151. The molecule has 4 atom stereocenters. The van der Waals surface area contributed by atoms with E-state index in [0.717, 1.165) is 0 Å². The summed E-state index contributed by atoms with van der Waals surface area (Å²) in [7, 11) is 0. The van der Waals surface area contributed by atoms with Crippen molar-refractivity contribution in [1.82, 2.24) is 0 Å². The molecule has 0 amide bonds. The smallest absolute Gasteiger partial charge is 0.318 e. The van der Waals surface area contributed by atoms with Crippen molar-refractivity contribution in [3.8, 4) is 0 Å². The summed E-state index contributed by atoms with van der Waals surface area (Å²) in [6, 6.07) is 0. The number of hydrogen-bond acceptors (Lipinski definition) is 5. The number of esters is 2. The van der Waals surface area contributed by atoms with Gasteiger partial charge < -0.3 is 14.9 Å². The maximum atomic E-state index is 11.2. The molecule has 2 rings (SSSR count). The molecule has 1 aliphatic heterocycles. The molecular formula is C9H8O7. The van der Waals surface area contributed by atoms with Crippen LogP contribution in [-0.2, 0) is 23.9 Å². The largest absolute Gasteiger partial charge is 0.481 e. The predicted molar refractivity (Wildman–Crippen MR) is 44.9 cm³/mol. The summed E-state index contributed by atoms with van der Waals surface area (Å²) < 4.78 is 4.30. The number of carbonyl (C=O) groups is 4. The molecule has 1 heterocycles. The van der Waals surface area contributed by atoms with Gasteiger partial charge in [-0.2, -0.15) is 0 Å². The molecule has 2 fully saturated rings. The van der Waals surface area contributed by atoms with Gasteiger partial charge in [-0.3, -0.25) is 19.2 Å². The van der Waals surface area contributed by atoms with Gasteiger partial charge in [0.15, 0.2) is 0 Å². The lowest BCUT2D eigenvalue weighted by Gasteiger charge is -2.13. The number of ether oxygens (including phenoxy) is 1. The van der Waals surface area contributed by atoms with E-state index in [4.69, 9.17) is 10.2 Å². The zero-order valence-corrected chi connectivity index (χ0v) is 7.95. The van der Waals surface area contributed by atoms with Crippen LogP contribution in [0.3, 0.4) is 0 Å². The minimum Gasteiger partial charge on any atom is -0.481 e. The van der Waals surface area contributed by atoms with Crippen LogP contribution in [0.5, 0.6) is 0 Å². The first-order valence-electron chi connectivity index (χ1n) is 4.64. The second-order valence-corrected chi connectivity index (χ2v) is 3.92. The highest BCUT2D eigenvalue weighted by molar-refractivity contribution is 6.01. The van der Waals surface area contributed by atoms with Crippen molar-refractivity contribution in [3.63, 3.8) is 0 Å². The molecule has 1 saturated carbocycles. The van der Waals surface area contributed by atoms with Crippen molar-refractivity contribution >= 4 is 23.9 Å². The van der Waals surface area contributed by atoms with Gasteiger partial charge in [-0.15, -0.1) is 0 Å². The Bertz CT molecular complexity index is 399. The second kappa shape index (κ2) is 3.29. The maximum Gasteiger partial charge on any atom is 0.318 e. The van der Waals surface area contributed by atoms with Gasteiger partial charge in [0.1, 0.15) is 0 Å². The molecule has 2 aliphatic rings. The standard InChI is InChI=1S/C9H8O7/c10-6(11)2-1-3-5(4(2)7(12)13)9(15)16-8(3)14/h2-5H,1H2,(H,10,11)(H,12,13). The van der Waals surface area contributed by atoms with E-state index >= 15 is 0 Å². The van der Waals surface area contributed by atoms with E-state index in [1.54, 1.807) is 0 Å². The third-order valence-corrected chi connectivity index (χ3v) is 3.14. The molecule has 1 saturated heterocycles. The molecule has 7 nitrogen and oxygen atoms in total. The van der Waals surface area contributed by atoms with Crippen LogP contribution in [0.25, 0.3) is 0 Å². The number of hydrogen-bond donors (Lipinski definition) is 2. The normalized spacial score (nSPS) is 37.0. The molecular weight excluding hydrogens is 220 g/mol. The molecule has 0 spiro atoms.